The molecule has 0 heterocycles. The first-order valence-electron chi connectivity index (χ1n) is 6.41. The number of aliphatic hydroxyl groups is 1. The first-order chi connectivity index (χ1) is 7.56. The van der Waals surface area contributed by atoms with E-state index in [1.54, 1.807) is 6.92 Å². The van der Waals surface area contributed by atoms with Gasteiger partial charge in [0, 0.05) is 0 Å². The van der Waals surface area contributed by atoms with Crippen molar-refractivity contribution in [3.63, 3.8) is 0 Å². The maximum absolute atomic E-state index is 11.4. The Bertz CT molecular complexity index is 225. The molecule has 3 atom stereocenters. The maximum atomic E-state index is 11.4. The van der Waals surface area contributed by atoms with E-state index in [0.717, 1.165) is 19.3 Å². The van der Waals surface area contributed by atoms with E-state index < -0.39 is 12.1 Å². The average Bonchev–Trinajstić information content (AvgIpc) is 2.28. The summed E-state index contributed by atoms with van der Waals surface area (Å²) in [6.07, 6.45) is 3.33. The second-order valence-corrected chi connectivity index (χ2v) is 5.13. The highest BCUT2D eigenvalue weighted by Crippen LogP contribution is 2.35. The molecule has 0 bridgehead atoms. The molecule has 0 saturated heterocycles. The summed E-state index contributed by atoms with van der Waals surface area (Å²) in [6, 6.07) is 0. The lowest BCUT2D eigenvalue weighted by molar-refractivity contribution is -0.157. The van der Waals surface area contributed by atoms with E-state index in [0.29, 0.717) is 18.4 Å². The van der Waals surface area contributed by atoms with Crippen molar-refractivity contribution < 1.29 is 14.6 Å². The fraction of sp³-hybridized carbons (Fsp3) is 0.923. The molecule has 0 spiro atoms. The summed E-state index contributed by atoms with van der Waals surface area (Å²) in [6.45, 7) is 6.53. The van der Waals surface area contributed by atoms with Crippen LogP contribution in [0, 0.1) is 17.8 Å². The third kappa shape index (κ3) is 3.48. The molecule has 3 nitrogen and oxygen atoms in total. The minimum atomic E-state index is -0.915. The predicted octanol–water partition coefficient (Wildman–Crippen LogP) is 2.37. The van der Waals surface area contributed by atoms with Gasteiger partial charge in [-0.15, -0.1) is 0 Å². The first kappa shape index (κ1) is 13.5. The van der Waals surface area contributed by atoms with Gasteiger partial charge in [-0.05, 0) is 37.5 Å². The minimum Gasteiger partial charge on any atom is -0.464 e. The topological polar surface area (TPSA) is 46.5 Å². The van der Waals surface area contributed by atoms with E-state index in [2.05, 4.69) is 13.8 Å². The molecule has 0 aromatic heterocycles. The van der Waals surface area contributed by atoms with Gasteiger partial charge in [0.15, 0.2) is 6.10 Å². The van der Waals surface area contributed by atoms with Gasteiger partial charge in [-0.1, -0.05) is 26.7 Å². The zero-order chi connectivity index (χ0) is 12.1. The molecule has 0 radical (unpaired) electrons. The van der Waals surface area contributed by atoms with E-state index in [-0.39, 0.29) is 5.92 Å². The fourth-order valence-corrected chi connectivity index (χ4v) is 2.58. The van der Waals surface area contributed by atoms with Crippen molar-refractivity contribution in [1.82, 2.24) is 0 Å². The zero-order valence-corrected chi connectivity index (χ0v) is 10.6. The highest BCUT2D eigenvalue weighted by Gasteiger charge is 2.33. The van der Waals surface area contributed by atoms with Crippen LogP contribution in [-0.2, 0) is 9.53 Å². The molecule has 3 heteroatoms. The summed E-state index contributed by atoms with van der Waals surface area (Å²) >= 11 is 0. The Hall–Kier alpha value is -0.570. The number of hydrogen-bond donors (Lipinski definition) is 1. The molecule has 16 heavy (non-hydrogen) atoms. The molecule has 94 valence electrons. The van der Waals surface area contributed by atoms with E-state index in [1.807, 2.05) is 0 Å². The van der Waals surface area contributed by atoms with E-state index in [9.17, 15) is 9.90 Å². The number of esters is 1. The summed E-state index contributed by atoms with van der Waals surface area (Å²) in [5.41, 5.74) is 0. The molecule has 3 unspecified atom stereocenters. The molecule has 1 aliphatic carbocycles. The molecule has 1 N–H and O–H groups in total. The van der Waals surface area contributed by atoms with Gasteiger partial charge < -0.3 is 9.84 Å². The number of carbonyl (C=O) groups excluding carboxylic acids is 1. The second-order valence-electron chi connectivity index (χ2n) is 5.13. The molecule has 0 aromatic rings. The Morgan fingerprint density at radius 1 is 1.38 bits per heavy atom. The van der Waals surface area contributed by atoms with Crippen molar-refractivity contribution in [1.29, 1.82) is 0 Å². The summed E-state index contributed by atoms with van der Waals surface area (Å²) in [5, 5.41) is 9.90. The molecule has 1 rings (SSSR count). The van der Waals surface area contributed by atoms with Gasteiger partial charge >= 0.3 is 5.97 Å². The Morgan fingerprint density at radius 2 is 2.00 bits per heavy atom. The normalized spacial score (nSPS) is 27.8. The van der Waals surface area contributed by atoms with Gasteiger partial charge in [-0.2, -0.15) is 0 Å². The van der Waals surface area contributed by atoms with Crippen LogP contribution in [-0.4, -0.2) is 23.8 Å². The van der Waals surface area contributed by atoms with Gasteiger partial charge in [-0.25, -0.2) is 4.79 Å². The van der Waals surface area contributed by atoms with Crippen molar-refractivity contribution in [2.45, 2.75) is 52.6 Å². The summed E-state index contributed by atoms with van der Waals surface area (Å²) in [4.78, 5) is 11.4. The molecule has 1 aliphatic rings. The van der Waals surface area contributed by atoms with Crippen LogP contribution >= 0.6 is 0 Å². The number of hydrogen-bond acceptors (Lipinski definition) is 3. The monoisotopic (exact) mass is 228 g/mol. The largest absolute Gasteiger partial charge is 0.464 e. The number of aliphatic hydroxyl groups excluding tert-OH is 1. The number of ether oxygens (including phenoxy) is 1. The standard InChI is InChI=1S/C13H24O3/c1-4-16-13(15)12(14)11-7-5-6-10(8-11)9(2)3/h9-12,14H,4-8H2,1-3H3. The van der Waals surface area contributed by atoms with Crippen LogP contribution < -0.4 is 0 Å². The molecule has 0 aliphatic heterocycles. The van der Waals surface area contributed by atoms with Gasteiger partial charge in [0.2, 0.25) is 0 Å². The van der Waals surface area contributed by atoms with Crippen LogP contribution in [0.1, 0.15) is 46.5 Å². The summed E-state index contributed by atoms with van der Waals surface area (Å²) in [7, 11) is 0. The Balaban J connectivity index is 2.49. The van der Waals surface area contributed by atoms with Crippen LogP contribution in [0.15, 0.2) is 0 Å². The minimum absolute atomic E-state index is 0.0974. The molecule has 1 fully saturated rings. The fourth-order valence-electron chi connectivity index (χ4n) is 2.58. The number of carbonyl (C=O) groups is 1. The smallest absolute Gasteiger partial charge is 0.335 e. The van der Waals surface area contributed by atoms with Crippen LogP contribution in [0.5, 0.6) is 0 Å². The third-order valence-electron chi connectivity index (χ3n) is 3.67. The quantitative estimate of drug-likeness (QED) is 0.751. The van der Waals surface area contributed by atoms with Gasteiger partial charge in [0.25, 0.3) is 0 Å². The average molecular weight is 228 g/mol. The third-order valence-corrected chi connectivity index (χ3v) is 3.67. The first-order valence-corrected chi connectivity index (χ1v) is 6.41. The van der Waals surface area contributed by atoms with Crippen molar-refractivity contribution in [2.75, 3.05) is 6.61 Å². The lowest BCUT2D eigenvalue weighted by Crippen LogP contribution is -2.35. The van der Waals surface area contributed by atoms with Gasteiger partial charge in [0.05, 0.1) is 6.61 Å². The highest BCUT2D eigenvalue weighted by molar-refractivity contribution is 5.74. The van der Waals surface area contributed by atoms with Crippen LogP contribution in [0.4, 0.5) is 0 Å². The Kier molecular flexibility index (Phi) is 5.26. The number of rotatable bonds is 4. The van der Waals surface area contributed by atoms with E-state index in [1.165, 1.54) is 6.42 Å². The van der Waals surface area contributed by atoms with Gasteiger partial charge in [-0.3, -0.25) is 0 Å². The molecule has 0 amide bonds. The Morgan fingerprint density at radius 3 is 2.56 bits per heavy atom. The van der Waals surface area contributed by atoms with Crippen molar-refractivity contribution in [2.24, 2.45) is 17.8 Å². The summed E-state index contributed by atoms with van der Waals surface area (Å²) < 4.78 is 4.86. The molecular weight excluding hydrogens is 204 g/mol. The lowest BCUT2D eigenvalue weighted by atomic mass is 9.74. The lowest BCUT2D eigenvalue weighted by Gasteiger charge is -2.33. The van der Waals surface area contributed by atoms with E-state index >= 15 is 0 Å². The van der Waals surface area contributed by atoms with E-state index in [4.69, 9.17) is 4.74 Å². The Labute approximate surface area is 98.2 Å². The zero-order valence-electron chi connectivity index (χ0n) is 10.6. The SMILES string of the molecule is CCOC(=O)C(O)C1CCCC(C(C)C)C1. The molecular formula is C13H24O3. The van der Waals surface area contributed by atoms with Crippen LogP contribution in [0.2, 0.25) is 0 Å². The molecule has 0 aromatic carbocycles. The maximum Gasteiger partial charge on any atom is 0.335 e. The highest BCUT2D eigenvalue weighted by atomic mass is 16.5. The van der Waals surface area contributed by atoms with Crippen LogP contribution in [0.25, 0.3) is 0 Å². The van der Waals surface area contributed by atoms with Crippen LogP contribution in [0.3, 0.4) is 0 Å². The second kappa shape index (κ2) is 6.24. The summed E-state index contributed by atoms with van der Waals surface area (Å²) in [5.74, 6) is 0.928. The van der Waals surface area contributed by atoms with Crippen molar-refractivity contribution >= 4 is 5.97 Å². The van der Waals surface area contributed by atoms with Gasteiger partial charge in [0.1, 0.15) is 0 Å². The van der Waals surface area contributed by atoms with Crippen molar-refractivity contribution in [3.8, 4) is 0 Å². The van der Waals surface area contributed by atoms with Crippen molar-refractivity contribution in [3.05, 3.63) is 0 Å². The molecule has 1 saturated carbocycles. The predicted molar refractivity (Wildman–Crippen MR) is 62.9 cm³/mol.